The third-order valence-electron chi connectivity index (χ3n) is 2.53. The van der Waals surface area contributed by atoms with E-state index < -0.39 is 11.7 Å². The Labute approximate surface area is 104 Å². The second-order valence-electron chi connectivity index (χ2n) is 3.69. The summed E-state index contributed by atoms with van der Waals surface area (Å²) in [5, 5.41) is 2.88. The molecule has 17 heavy (non-hydrogen) atoms. The molecule has 0 spiro atoms. The SMILES string of the molecule is C#CCN(C)c1cc2c(cc1Cl)C(=O)C(=O)N2. The van der Waals surface area contributed by atoms with Crippen LogP contribution in [0.5, 0.6) is 0 Å². The van der Waals surface area contributed by atoms with Gasteiger partial charge in [0.1, 0.15) is 0 Å². The largest absolute Gasteiger partial charge is 0.362 e. The van der Waals surface area contributed by atoms with Crippen LogP contribution in [0.3, 0.4) is 0 Å². The van der Waals surface area contributed by atoms with Crippen molar-refractivity contribution in [2.45, 2.75) is 0 Å². The summed E-state index contributed by atoms with van der Waals surface area (Å²) in [6.07, 6.45) is 5.22. The number of carbonyl (C=O) groups excluding carboxylic acids is 2. The van der Waals surface area contributed by atoms with Crippen LogP contribution < -0.4 is 10.2 Å². The second kappa shape index (κ2) is 4.11. The Morgan fingerprint density at radius 3 is 2.82 bits per heavy atom. The van der Waals surface area contributed by atoms with Crippen LogP contribution >= 0.6 is 11.6 Å². The van der Waals surface area contributed by atoms with Crippen LogP contribution in [0, 0.1) is 12.3 Å². The summed E-state index contributed by atoms with van der Waals surface area (Å²) in [6, 6.07) is 3.14. The van der Waals surface area contributed by atoms with Crippen molar-refractivity contribution in [2.75, 3.05) is 23.8 Å². The van der Waals surface area contributed by atoms with Crippen LogP contribution in [0.2, 0.25) is 5.02 Å². The van der Waals surface area contributed by atoms with Crippen LogP contribution in [0.15, 0.2) is 12.1 Å². The first kappa shape index (κ1) is 11.5. The average Bonchev–Trinajstić information content (AvgIpc) is 2.55. The first-order valence-electron chi connectivity index (χ1n) is 4.88. The first-order chi connectivity index (χ1) is 8.04. The lowest BCUT2D eigenvalue weighted by molar-refractivity contribution is -0.112. The molecule has 2 rings (SSSR count). The Morgan fingerprint density at radius 2 is 2.18 bits per heavy atom. The predicted molar refractivity (Wildman–Crippen MR) is 66.5 cm³/mol. The third-order valence-corrected chi connectivity index (χ3v) is 2.83. The standard InChI is InChI=1S/C12H9ClN2O2/c1-3-4-15(2)10-6-9-7(5-8(10)13)11(16)12(17)14-9/h1,5-6H,4H2,2H3,(H,14,16,17). The molecule has 0 aromatic heterocycles. The average molecular weight is 249 g/mol. The molecule has 0 aliphatic carbocycles. The number of ketones is 1. The van der Waals surface area contributed by atoms with Gasteiger partial charge in [-0.2, -0.15) is 0 Å². The summed E-state index contributed by atoms with van der Waals surface area (Å²) in [5.74, 6) is 1.30. The van der Waals surface area contributed by atoms with E-state index in [4.69, 9.17) is 18.0 Å². The number of fused-ring (bicyclic) bond motifs is 1. The monoisotopic (exact) mass is 248 g/mol. The molecule has 1 aromatic carbocycles. The number of hydrogen-bond donors (Lipinski definition) is 1. The van der Waals surface area contributed by atoms with E-state index in [1.54, 1.807) is 18.0 Å². The molecule has 1 aromatic rings. The molecular formula is C12H9ClN2O2. The van der Waals surface area contributed by atoms with Crippen LogP contribution in [-0.4, -0.2) is 25.3 Å². The Balaban J connectivity index is 2.47. The molecule has 5 heteroatoms. The van der Waals surface area contributed by atoms with Gasteiger partial charge in [-0.05, 0) is 12.1 Å². The van der Waals surface area contributed by atoms with E-state index in [1.807, 2.05) is 0 Å². The van der Waals surface area contributed by atoms with Gasteiger partial charge in [0.2, 0.25) is 0 Å². The van der Waals surface area contributed by atoms with Crippen molar-refractivity contribution in [2.24, 2.45) is 0 Å². The van der Waals surface area contributed by atoms with E-state index in [1.165, 1.54) is 6.07 Å². The molecule has 1 aliphatic heterocycles. The maximum atomic E-state index is 11.4. The fourth-order valence-corrected chi connectivity index (χ4v) is 1.98. The normalized spacial score (nSPS) is 13.0. The number of rotatable bonds is 2. The van der Waals surface area contributed by atoms with E-state index in [0.717, 1.165) is 0 Å². The van der Waals surface area contributed by atoms with Crippen LogP contribution in [0.4, 0.5) is 11.4 Å². The molecule has 1 N–H and O–H groups in total. The lowest BCUT2D eigenvalue weighted by Crippen LogP contribution is -2.17. The van der Waals surface area contributed by atoms with Gasteiger partial charge in [0.05, 0.1) is 28.5 Å². The van der Waals surface area contributed by atoms with Gasteiger partial charge in [-0.25, -0.2) is 0 Å². The van der Waals surface area contributed by atoms with Gasteiger partial charge in [0, 0.05) is 7.05 Å². The fraction of sp³-hybridized carbons (Fsp3) is 0.167. The zero-order valence-corrected chi connectivity index (χ0v) is 9.84. The molecule has 4 nitrogen and oxygen atoms in total. The fourth-order valence-electron chi connectivity index (χ4n) is 1.67. The molecule has 0 saturated carbocycles. The highest BCUT2D eigenvalue weighted by atomic mass is 35.5. The molecule has 1 aliphatic rings. The van der Waals surface area contributed by atoms with Crippen molar-refractivity contribution in [3.05, 3.63) is 22.7 Å². The summed E-state index contributed by atoms with van der Waals surface area (Å²) in [5.41, 5.74) is 1.46. The summed E-state index contributed by atoms with van der Waals surface area (Å²) < 4.78 is 0. The highest BCUT2D eigenvalue weighted by Crippen LogP contribution is 2.34. The summed E-state index contributed by atoms with van der Waals surface area (Å²) in [6.45, 7) is 0.389. The zero-order valence-electron chi connectivity index (χ0n) is 9.08. The summed E-state index contributed by atoms with van der Waals surface area (Å²) >= 11 is 6.05. The molecule has 1 heterocycles. The maximum absolute atomic E-state index is 11.4. The third kappa shape index (κ3) is 1.85. The smallest absolute Gasteiger partial charge is 0.296 e. The van der Waals surface area contributed by atoms with Gasteiger partial charge in [-0.1, -0.05) is 17.5 Å². The molecule has 0 saturated heterocycles. The van der Waals surface area contributed by atoms with Crippen molar-refractivity contribution in [3.8, 4) is 12.3 Å². The highest BCUT2D eigenvalue weighted by Gasteiger charge is 2.29. The Morgan fingerprint density at radius 1 is 1.47 bits per heavy atom. The number of hydrogen-bond acceptors (Lipinski definition) is 3. The van der Waals surface area contributed by atoms with E-state index in [-0.39, 0.29) is 0 Å². The molecule has 0 radical (unpaired) electrons. The van der Waals surface area contributed by atoms with E-state index in [2.05, 4.69) is 11.2 Å². The number of anilines is 2. The summed E-state index contributed by atoms with van der Waals surface area (Å²) in [4.78, 5) is 24.4. The lowest BCUT2D eigenvalue weighted by atomic mass is 10.1. The lowest BCUT2D eigenvalue weighted by Gasteiger charge is -2.18. The predicted octanol–water partition coefficient (Wildman–Crippen LogP) is 1.54. The van der Waals surface area contributed by atoms with E-state index in [0.29, 0.717) is 28.5 Å². The molecule has 86 valence electrons. The van der Waals surface area contributed by atoms with Crippen molar-refractivity contribution >= 4 is 34.7 Å². The van der Waals surface area contributed by atoms with Gasteiger partial charge in [-0.3, -0.25) is 9.59 Å². The molecule has 0 atom stereocenters. The van der Waals surface area contributed by atoms with Crippen molar-refractivity contribution in [1.82, 2.24) is 0 Å². The Kier molecular flexibility index (Phi) is 2.78. The number of terminal acetylenes is 1. The molecule has 0 unspecified atom stereocenters. The van der Waals surface area contributed by atoms with Gasteiger partial charge >= 0.3 is 0 Å². The van der Waals surface area contributed by atoms with Gasteiger partial charge in [0.25, 0.3) is 11.7 Å². The van der Waals surface area contributed by atoms with Gasteiger partial charge in [0.15, 0.2) is 0 Å². The van der Waals surface area contributed by atoms with E-state index >= 15 is 0 Å². The molecule has 0 fully saturated rings. The van der Waals surface area contributed by atoms with Crippen molar-refractivity contribution < 1.29 is 9.59 Å². The maximum Gasteiger partial charge on any atom is 0.296 e. The summed E-state index contributed by atoms with van der Waals surface area (Å²) in [7, 11) is 1.78. The molecule has 0 bridgehead atoms. The Bertz CT molecular complexity index is 560. The van der Waals surface area contributed by atoms with Crippen LogP contribution in [0.1, 0.15) is 10.4 Å². The number of Topliss-reactive ketones (excluding diaryl/α,β-unsaturated/α-hetero) is 1. The zero-order chi connectivity index (χ0) is 12.6. The number of carbonyl (C=O) groups is 2. The Hall–Kier alpha value is -1.99. The second-order valence-corrected chi connectivity index (χ2v) is 4.10. The minimum atomic E-state index is -0.632. The molecule has 1 amide bonds. The minimum absolute atomic E-state index is 0.304. The number of nitrogens with one attached hydrogen (secondary N) is 1. The van der Waals surface area contributed by atoms with Crippen LogP contribution in [0.25, 0.3) is 0 Å². The van der Waals surface area contributed by atoms with Gasteiger partial charge < -0.3 is 10.2 Å². The number of halogens is 1. The topological polar surface area (TPSA) is 49.4 Å². The quantitative estimate of drug-likeness (QED) is 0.638. The van der Waals surface area contributed by atoms with Crippen molar-refractivity contribution in [1.29, 1.82) is 0 Å². The van der Waals surface area contributed by atoms with E-state index in [9.17, 15) is 9.59 Å². The van der Waals surface area contributed by atoms with Crippen LogP contribution in [-0.2, 0) is 4.79 Å². The number of benzene rings is 1. The minimum Gasteiger partial charge on any atom is -0.362 e. The number of amides is 1. The first-order valence-corrected chi connectivity index (χ1v) is 5.26. The van der Waals surface area contributed by atoms with Crippen molar-refractivity contribution in [3.63, 3.8) is 0 Å². The van der Waals surface area contributed by atoms with Gasteiger partial charge in [-0.15, -0.1) is 6.42 Å². The molecular weight excluding hydrogens is 240 g/mol. The number of nitrogens with zero attached hydrogens (tertiary/aromatic N) is 1. The highest BCUT2D eigenvalue weighted by molar-refractivity contribution is 6.52.